The number of hydrogen-bond acceptors (Lipinski definition) is 23. The molecule has 124 heavy (non-hydrogen) atoms. The number of carbonyl (C=O) groups is 23. The summed E-state index contributed by atoms with van der Waals surface area (Å²) >= 11 is 0. The molecule has 14 atom stereocenters. The quantitative estimate of drug-likeness (QED) is 0.0269. The van der Waals surface area contributed by atoms with Crippen molar-refractivity contribution in [2.75, 3.05) is 0 Å². The number of amides is 21. The maximum absolute atomic E-state index is 14.7. The molecule has 0 saturated carbocycles. The number of carboxylic acids is 2. The van der Waals surface area contributed by atoms with Crippen molar-refractivity contribution < 1.29 is 120 Å². The Morgan fingerprint density at radius 2 is 0.315 bits per heavy atom. The Kier molecular flexibility index (Phi) is 51.6. The van der Waals surface area contributed by atoms with Crippen LogP contribution in [-0.4, -0.2) is 231 Å². The minimum atomic E-state index is -1.76. The van der Waals surface area contributed by atoms with Gasteiger partial charge >= 0.3 is 11.9 Å². The fourth-order valence-corrected chi connectivity index (χ4v) is 12.4. The fraction of sp³-hybridized carbons (Fsp3) is 0.705. The number of carboxylic acid groups (broad SMARTS) is 2. The van der Waals surface area contributed by atoms with Gasteiger partial charge in [0.1, 0.15) is 84.6 Å². The van der Waals surface area contributed by atoms with Crippen LogP contribution in [0.5, 0.6) is 0 Å². The van der Waals surface area contributed by atoms with Crippen LogP contribution in [0.1, 0.15) is 231 Å². The molecule has 0 bridgehead atoms. The van der Waals surface area contributed by atoms with E-state index >= 15 is 0 Å². The molecule has 0 heterocycles. The normalized spacial score (nSPS) is 14.6. The Labute approximate surface area is 719 Å². The van der Waals surface area contributed by atoms with Gasteiger partial charge in [-0.2, -0.15) is 0 Å². The molecule has 21 amide bonds. The van der Waals surface area contributed by atoms with Crippen LogP contribution in [0.25, 0.3) is 0 Å². The molecule has 0 unspecified atom stereocenters. The Morgan fingerprint density at radius 3 is 0.444 bits per heavy atom. The first-order valence-corrected chi connectivity index (χ1v) is 41.2. The Balaban J connectivity index is 7.51. The number of carbonyl (C=O) groups excluding carboxylic acids is 21. The highest BCUT2D eigenvalue weighted by molar-refractivity contribution is 6.01. The Morgan fingerprint density at radius 1 is 0.194 bits per heavy atom. The van der Waals surface area contributed by atoms with E-state index in [9.17, 15) is 120 Å². The predicted octanol–water partition coefficient (Wildman–Crippen LogP) is -6.12. The second kappa shape index (κ2) is 57.2. The monoisotopic (exact) mass is 1760 g/mol. The molecule has 46 heteroatoms. The first-order chi connectivity index (χ1) is 57.5. The SMILES string of the molecule is CC(=O)N[C@@H](CCC(=O)O)C(=O)N[C@@H](CCC(N)=O)C(=O)N[C@@H](CC(C)C)C(=O)N[C@@H](CCC(N)=O)C(=O)N[C@@H](CC(C)C)C(=O)N[C@@H](CCC(N)=O)C(=O)N[C@@H](CC(C)C)C(=O)N[C@@H](CCC(N)=O)C(=O)N[C@@H](CC(C)C)C(=O)N[C@@H](CCC(N)=O)C(=O)N[C@@H](CC(C)C)C(=O)N[C@@H](CCC(N)=O)C(=O)N[C@@H](CC(C)C)C(=O)N[C@@H](CCC(=O)O)C(N)=O. The maximum Gasteiger partial charge on any atom is 0.303 e. The van der Waals surface area contributed by atoms with E-state index in [1.165, 1.54) is 0 Å². The van der Waals surface area contributed by atoms with Crippen molar-refractivity contribution >= 4 is 136 Å². The summed E-state index contributed by atoms with van der Waals surface area (Å²) in [6, 6.07) is -22.6. The van der Waals surface area contributed by atoms with Gasteiger partial charge in [0.15, 0.2) is 0 Å². The van der Waals surface area contributed by atoms with Crippen LogP contribution in [0.2, 0.25) is 0 Å². The zero-order valence-electron chi connectivity index (χ0n) is 72.9. The van der Waals surface area contributed by atoms with E-state index in [2.05, 4.69) is 74.4 Å². The standard InChI is InChI=1S/C78H133N21O25/c1-36(2)30-51(73(119)87-43(65(85)111)20-28-63(107)108)94-68(114)46(15-23-58(80)102)89-75(121)53(32-38(5)6)96-70(116)48(17-25-60(82)104)91-77(123)55(34-40(9)10)98-72(118)50(19-27-62(84)106)93-78(124)56(35-41(11)12)99-71(117)49(18-26-61(83)105)92-76(122)54(33-39(7)8)97-69(115)47(16-24-59(81)103)90-74(120)52(31-37(3)4)95-67(113)45(14-22-57(79)101)88-66(112)44(86-42(13)100)21-29-64(109)110/h36-41,43-56H,14-35H2,1-13H3,(H2,79,101)(H2,80,102)(H2,81,103)(H2,82,104)(H2,83,105)(H2,84,106)(H2,85,111)(H,86,100)(H,87,119)(H,88,112)(H,89,121)(H,90,120)(H,91,123)(H,92,122)(H,93,124)(H,94,114)(H,95,113)(H,96,116)(H,97,115)(H,98,118)(H,99,117)(H,107,108)(H,109,110)/t43-,44-,45-,46-,47-,48-,49-,50-,51-,52-,53-,54-,55-,56-/m0/s1. The van der Waals surface area contributed by atoms with E-state index in [4.69, 9.17) is 40.1 Å². The molecule has 0 spiro atoms. The summed E-state index contributed by atoms with van der Waals surface area (Å²) in [6.07, 6.45) is -9.34. The minimum Gasteiger partial charge on any atom is -0.481 e. The lowest BCUT2D eigenvalue weighted by Gasteiger charge is -2.29. The Bertz CT molecular complexity index is 3740. The highest BCUT2D eigenvalue weighted by Crippen LogP contribution is 2.18. The lowest BCUT2D eigenvalue weighted by Crippen LogP contribution is -2.61. The van der Waals surface area contributed by atoms with Crippen molar-refractivity contribution in [3.8, 4) is 0 Å². The van der Waals surface area contributed by atoms with Gasteiger partial charge in [0.05, 0.1) is 0 Å². The second-order valence-corrected chi connectivity index (χ2v) is 33.1. The average Bonchev–Trinajstić information content (AvgIpc) is 0.845. The third-order valence-corrected chi connectivity index (χ3v) is 18.6. The summed E-state index contributed by atoms with van der Waals surface area (Å²) in [6.45, 7) is 20.9. The van der Waals surface area contributed by atoms with Crippen molar-refractivity contribution in [1.82, 2.24) is 74.4 Å². The number of primary amides is 7. The minimum absolute atomic E-state index is 0.0730. The zero-order valence-corrected chi connectivity index (χ0v) is 72.9. The molecule has 0 aliphatic carbocycles. The summed E-state index contributed by atoms with van der Waals surface area (Å²) < 4.78 is 0. The van der Waals surface area contributed by atoms with Crippen LogP contribution in [0.4, 0.5) is 0 Å². The van der Waals surface area contributed by atoms with Crippen LogP contribution < -0.4 is 115 Å². The molecule has 0 radical (unpaired) electrons. The van der Waals surface area contributed by atoms with Crippen molar-refractivity contribution in [2.24, 2.45) is 75.6 Å². The molecule has 0 saturated heterocycles. The lowest BCUT2D eigenvalue weighted by atomic mass is 9.99. The van der Waals surface area contributed by atoms with E-state index < -0.39 is 353 Å². The first-order valence-electron chi connectivity index (χ1n) is 41.2. The summed E-state index contributed by atoms with van der Waals surface area (Å²) in [7, 11) is 0. The largest absolute Gasteiger partial charge is 0.481 e. The molecule has 46 nitrogen and oxygen atoms in total. The van der Waals surface area contributed by atoms with Crippen molar-refractivity contribution in [2.45, 2.75) is 316 Å². The van der Waals surface area contributed by atoms with Gasteiger partial charge in [-0.05, 0) is 125 Å². The highest BCUT2D eigenvalue weighted by atomic mass is 16.4. The maximum atomic E-state index is 14.7. The summed E-state index contributed by atoms with van der Waals surface area (Å²) in [5.74, 6) is -26.5. The Hall–Kier alpha value is -12.2. The van der Waals surface area contributed by atoms with E-state index in [1.807, 2.05) is 0 Å². The molecule has 0 aromatic rings. The molecule has 0 fully saturated rings. The van der Waals surface area contributed by atoms with Gasteiger partial charge in [-0.1, -0.05) is 83.1 Å². The van der Waals surface area contributed by atoms with E-state index in [0.29, 0.717) is 0 Å². The first kappa shape index (κ1) is 112. The number of hydrogen-bond donors (Lipinski definition) is 23. The van der Waals surface area contributed by atoms with Crippen LogP contribution >= 0.6 is 0 Å². The van der Waals surface area contributed by atoms with E-state index in [0.717, 1.165) is 6.92 Å². The predicted molar refractivity (Wildman–Crippen MR) is 443 cm³/mol. The average molecular weight is 1770 g/mol. The van der Waals surface area contributed by atoms with Gasteiger partial charge in [0.2, 0.25) is 124 Å². The third kappa shape index (κ3) is 48.5. The number of rotatable bonds is 64. The summed E-state index contributed by atoms with van der Waals surface area (Å²) in [4.78, 5) is 306. The number of nitrogens with two attached hydrogens (primary N) is 7. The van der Waals surface area contributed by atoms with Gasteiger partial charge in [0.25, 0.3) is 0 Å². The van der Waals surface area contributed by atoms with Gasteiger partial charge in [-0.25, -0.2) is 0 Å². The molecular formula is C78H133N21O25. The molecule has 0 aliphatic rings. The van der Waals surface area contributed by atoms with Gasteiger partial charge in [-0.15, -0.1) is 0 Å². The van der Waals surface area contributed by atoms with Crippen LogP contribution in [0.15, 0.2) is 0 Å². The molecule has 0 aliphatic heterocycles. The zero-order chi connectivity index (χ0) is 95.3. The number of nitrogens with one attached hydrogen (secondary N) is 14. The van der Waals surface area contributed by atoms with Crippen molar-refractivity contribution in [3.05, 3.63) is 0 Å². The van der Waals surface area contributed by atoms with Crippen LogP contribution in [0, 0.1) is 35.5 Å². The third-order valence-electron chi connectivity index (χ3n) is 18.6. The van der Waals surface area contributed by atoms with E-state index in [-0.39, 0.29) is 44.4 Å². The van der Waals surface area contributed by atoms with E-state index in [1.54, 1.807) is 83.1 Å². The molecule has 30 N–H and O–H groups in total. The van der Waals surface area contributed by atoms with Crippen LogP contribution in [0.3, 0.4) is 0 Å². The molecular weight excluding hydrogens is 1630 g/mol. The van der Waals surface area contributed by atoms with Crippen molar-refractivity contribution in [3.63, 3.8) is 0 Å². The second-order valence-electron chi connectivity index (χ2n) is 33.1. The smallest absolute Gasteiger partial charge is 0.303 e. The van der Waals surface area contributed by atoms with Crippen LogP contribution in [-0.2, 0) is 110 Å². The summed E-state index contributed by atoms with van der Waals surface area (Å²) in [5.41, 5.74) is 38.3. The van der Waals surface area contributed by atoms with Gasteiger partial charge in [-0.3, -0.25) is 110 Å². The molecule has 0 rings (SSSR count). The molecule has 700 valence electrons. The van der Waals surface area contributed by atoms with Gasteiger partial charge in [0, 0.05) is 58.3 Å². The summed E-state index contributed by atoms with van der Waals surface area (Å²) in [5, 5.41) is 52.9. The molecule has 0 aromatic heterocycles. The number of aliphatic carboxylic acids is 2. The fourth-order valence-electron chi connectivity index (χ4n) is 12.4. The van der Waals surface area contributed by atoms with Gasteiger partial charge < -0.3 is 125 Å². The van der Waals surface area contributed by atoms with Crippen molar-refractivity contribution in [1.29, 1.82) is 0 Å². The molecule has 0 aromatic carbocycles. The highest BCUT2D eigenvalue weighted by Gasteiger charge is 2.40. The topological polar surface area (TPSA) is 784 Å². The lowest BCUT2D eigenvalue weighted by molar-refractivity contribution is -0.139.